The molecular weight excluding hydrogens is 441 g/mol. The lowest BCUT2D eigenvalue weighted by molar-refractivity contribution is -0.137. The molecule has 0 spiro atoms. The first-order valence-corrected chi connectivity index (χ1v) is 11.1. The Morgan fingerprint density at radius 3 is 2.44 bits per heavy atom. The molecule has 176 valence electrons. The Bertz CT molecular complexity index is 1160. The molecule has 4 rings (SSSR count). The topological polar surface area (TPSA) is 81.8 Å². The van der Waals surface area contributed by atoms with Crippen molar-refractivity contribution in [3.8, 4) is 0 Å². The third-order valence-corrected chi connectivity index (χ3v) is 6.44. The fraction of sp³-hybridized carbons (Fsp3) is 0.308. The van der Waals surface area contributed by atoms with E-state index in [2.05, 4.69) is 21.3 Å². The van der Waals surface area contributed by atoms with Gasteiger partial charge in [0.1, 0.15) is 0 Å². The van der Waals surface area contributed by atoms with Crippen molar-refractivity contribution in [3.05, 3.63) is 101 Å². The first kappa shape index (κ1) is 23.6. The summed E-state index contributed by atoms with van der Waals surface area (Å²) in [5.41, 5.74) is 8.83. The summed E-state index contributed by atoms with van der Waals surface area (Å²) in [7, 11) is 0. The highest BCUT2D eigenvalue weighted by atomic mass is 19.4. The van der Waals surface area contributed by atoms with Crippen LogP contribution in [-0.2, 0) is 29.2 Å². The first-order valence-electron chi connectivity index (χ1n) is 11.1. The number of aromatic nitrogens is 3. The van der Waals surface area contributed by atoms with Crippen molar-refractivity contribution in [2.75, 3.05) is 0 Å². The van der Waals surface area contributed by atoms with Crippen molar-refractivity contribution >= 4 is 5.91 Å². The molecule has 2 aromatic heterocycles. The van der Waals surface area contributed by atoms with Gasteiger partial charge in [-0.3, -0.25) is 9.78 Å². The predicted molar refractivity (Wildman–Crippen MR) is 122 cm³/mol. The molecule has 0 atom stereocenters. The molecule has 5 nitrogen and oxygen atoms in total. The zero-order chi connectivity index (χ0) is 24.2. The molecule has 1 saturated carbocycles. The van der Waals surface area contributed by atoms with Crippen molar-refractivity contribution in [1.82, 2.24) is 15.2 Å². The number of nitrogens with zero attached hydrogens (tertiary/aromatic N) is 3. The number of pyridine rings is 1. The molecule has 34 heavy (non-hydrogen) atoms. The van der Waals surface area contributed by atoms with Gasteiger partial charge in [-0.2, -0.15) is 23.4 Å². The lowest BCUT2D eigenvalue weighted by Crippen LogP contribution is -2.43. The molecule has 0 unspecified atom stereocenters. The van der Waals surface area contributed by atoms with Gasteiger partial charge in [0.05, 0.1) is 16.7 Å². The van der Waals surface area contributed by atoms with Gasteiger partial charge in [-0.1, -0.05) is 35.9 Å². The molecule has 2 heterocycles. The molecule has 1 amide bonds. The van der Waals surface area contributed by atoms with E-state index < -0.39 is 17.2 Å². The minimum absolute atomic E-state index is 0.364. The highest BCUT2D eigenvalue weighted by Gasteiger charge is 2.42. The van der Waals surface area contributed by atoms with E-state index in [9.17, 15) is 18.0 Å². The van der Waals surface area contributed by atoms with Gasteiger partial charge < -0.3 is 5.73 Å². The van der Waals surface area contributed by atoms with Gasteiger partial charge >= 0.3 is 6.18 Å². The van der Waals surface area contributed by atoms with Crippen LogP contribution in [-0.4, -0.2) is 21.1 Å². The van der Waals surface area contributed by atoms with Crippen molar-refractivity contribution in [1.29, 1.82) is 0 Å². The third kappa shape index (κ3) is 5.32. The predicted octanol–water partition coefficient (Wildman–Crippen LogP) is 4.95. The molecule has 0 saturated heterocycles. The summed E-state index contributed by atoms with van der Waals surface area (Å²) in [6.45, 7) is 0. The van der Waals surface area contributed by atoms with Gasteiger partial charge in [0.2, 0.25) is 5.91 Å². The number of halogens is 3. The average molecular weight is 467 g/mol. The summed E-state index contributed by atoms with van der Waals surface area (Å²) in [4.78, 5) is 16.3. The number of allylic oxidation sites excluding steroid dienone is 2. The minimum Gasteiger partial charge on any atom is -0.369 e. The molecular formula is C26H25F3N4O. The standard InChI is InChI=1S/C26H25F3N4O/c27-26(28,29)21-8-9-22(31-17-21)16-20-4-1-3-19(15-20)7-6-18-10-12-25(13-11-18,24(30)34)23-5-2-14-32-33-23/h1-6,8-9,14-15,17H,7,10-13,16H2,(H2,30,34). The van der Waals surface area contributed by atoms with E-state index >= 15 is 0 Å². The van der Waals surface area contributed by atoms with Crippen LogP contribution >= 0.6 is 0 Å². The molecule has 0 aliphatic heterocycles. The normalized spacial score (nSPS) is 18.5. The highest BCUT2D eigenvalue weighted by Crippen LogP contribution is 2.40. The second kappa shape index (κ2) is 9.75. The summed E-state index contributed by atoms with van der Waals surface area (Å²) in [5, 5.41) is 8.05. The van der Waals surface area contributed by atoms with E-state index in [0.29, 0.717) is 30.7 Å². The molecule has 2 N–H and O–H groups in total. The molecule has 0 bridgehead atoms. The van der Waals surface area contributed by atoms with Crippen LogP contribution in [0.2, 0.25) is 0 Å². The molecule has 8 heteroatoms. The van der Waals surface area contributed by atoms with Crippen LogP contribution < -0.4 is 5.73 Å². The number of hydrogen-bond donors (Lipinski definition) is 1. The van der Waals surface area contributed by atoms with Gasteiger partial charge in [-0.15, -0.1) is 0 Å². The lowest BCUT2D eigenvalue weighted by atomic mass is 9.69. The minimum atomic E-state index is -4.39. The van der Waals surface area contributed by atoms with Crippen LogP contribution in [0.25, 0.3) is 0 Å². The maximum Gasteiger partial charge on any atom is 0.417 e. The summed E-state index contributed by atoms with van der Waals surface area (Å²) in [6.07, 6.45) is 4.18. The van der Waals surface area contributed by atoms with Crippen molar-refractivity contribution in [2.24, 2.45) is 5.73 Å². The number of benzene rings is 1. The number of primary amides is 1. The van der Waals surface area contributed by atoms with Gasteiger partial charge in [0, 0.05) is 24.5 Å². The van der Waals surface area contributed by atoms with Crippen molar-refractivity contribution < 1.29 is 18.0 Å². The number of nitrogens with two attached hydrogens (primary N) is 1. The van der Waals surface area contributed by atoms with Crippen LogP contribution in [0.15, 0.2) is 72.6 Å². The maximum atomic E-state index is 12.7. The zero-order valence-corrected chi connectivity index (χ0v) is 18.6. The number of rotatable bonds is 6. The number of amides is 1. The van der Waals surface area contributed by atoms with E-state index in [4.69, 9.17) is 5.73 Å². The van der Waals surface area contributed by atoms with E-state index in [1.807, 2.05) is 30.3 Å². The SMILES string of the molecule is NC(=O)C1(c2cccnn2)CCC(=CCc2cccc(Cc3ccc(C(F)(F)F)cn3)c2)CC1. The molecule has 1 fully saturated rings. The Balaban J connectivity index is 1.39. The number of carbonyl (C=O) groups is 1. The average Bonchev–Trinajstić information content (AvgIpc) is 2.83. The fourth-order valence-corrected chi connectivity index (χ4v) is 4.42. The second-order valence-electron chi connectivity index (χ2n) is 8.65. The first-order chi connectivity index (χ1) is 16.3. The summed E-state index contributed by atoms with van der Waals surface area (Å²) >= 11 is 0. The smallest absolute Gasteiger partial charge is 0.369 e. The quantitative estimate of drug-likeness (QED) is 0.522. The third-order valence-electron chi connectivity index (χ3n) is 6.44. The number of hydrogen-bond acceptors (Lipinski definition) is 4. The summed E-state index contributed by atoms with van der Waals surface area (Å²) in [6, 6.07) is 14.0. The van der Waals surface area contributed by atoms with E-state index in [-0.39, 0.29) is 5.91 Å². The highest BCUT2D eigenvalue weighted by molar-refractivity contribution is 5.86. The molecule has 1 aromatic carbocycles. The summed E-state index contributed by atoms with van der Waals surface area (Å²) in [5.74, 6) is -0.364. The molecule has 3 aromatic rings. The lowest BCUT2D eigenvalue weighted by Gasteiger charge is -2.34. The molecule has 0 radical (unpaired) electrons. The Morgan fingerprint density at radius 2 is 1.82 bits per heavy atom. The van der Waals surface area contributed by atoms with Gasteiger partial charge in [-0.05, 0) is 67.5 Å². The second-order valence-corrected chi connectivity index (χ2v) is 8.65. The Hall–Kier alpha value is -3.55. The number of carbonyl (C=O) groups excluding carboxylic acids is 1. The molecule has 1 aliphatic rings. The van der Waals surface area contributed by atoms with E-state index in [1.54, 1.807) is 12.3 Å². The fourth-order valence-electron chi connectivity index (χ4n) is 4.42. The van der Waals surface area contributed by atoms with E-state index in [0.717, 1.165) is 42.7 Å². The largest absolute Gasteiger partial charge is 0.417 e. The Morgan fingerprint density at radius 1 is 1.06 bits per heavy atom. The zero-order valence-electron chi connectivity index (χ0n) is 18.6. The number of alkyl halides is 3. The van der Waals surface area contributed by atoms with Crippen molar-refractivity contribution in [2.45, 2.75) is 50.1 Å². The van der Waals surface area contributed by atoms with Crippen LogP contribution in [0.3, 0.4) is 0 Å². The summed E-state index contributed by atoms with van der Waals surface area (Å²) < 4.78 is 38.2. The van der Waals surface area contributed by atoms with Crippen LogP contribution in [0.4, 0.5) is 13.2 Å². The Labute approximate surface area is 195 Å². The van der Waals surface area contributed by atoms with E-state index in [1.165, 1.54) is 11.6 Å². The maximum absolute atomic E-state index is 12.7. The van der Waals surface area contributed by atoms with Gasteiger partial charge in [-0.25, -0.2) is 0 Å². The van der Waals surface area contributed by atoms with Gasteiger partial charge in [0.15, 0.2) is 0 Å². The van der Waals surface area contributed by atoms with Crippen molar-refractivity contribution in [3.63, 3.8) is 0 Å². The van der Waals surface area contributed by atoms with Crippen LogP contribution in [0, 0.1) is 0 Å². The van der Waals surface area contributed by atoms with Crippen LogP contribution in [0.5, 0.6) is 0 Å². The monoisotopic (exact) mass is 466 g/mol. The molecule has 1 aliphatic carbocycles. The van der Waals surface area contributed by atoms with Crippen LogP contribution in [0.1, 0.15) is 53.8 Å². The van der Waals surface area contributed by atoms with Gasteiger partial charge in [0.25, 0.3) is 0 Å². The Kier molecular flexibility index (Phi) is 6.77.